The minimum atomic E-state index is -0.733. The molecular weight excluding hydrogens is 583 g/mol. The third-order valence-corrected chi connectivity index (χ3v) is 8.06. The first-order valence-electron chi connectivity index (χ1n) is 21.7. The van der Waals surface area contributed by atoms with Crippen LogP contribution in [0.15, 0.2) is 176 Å². The molecular formula is C45H29N3. The second-order valence-electron chi connectivity index (χ2n) is 11.0. The fourth-order valence-corrected chi connectivity index (χ4v) is 5.82. The van der Waals surface area contributed by atoms with Crippen LogP contribution in [0.2, 0.25) is 0 Å². The number of hydrogen-bond acceptors (Lipinski definition) is 3. The zero-order chi connectivity index (χ0) is 43.2. The van der Waals surface area contributed by atoms with E-state index in [-0.39, 0.29) is 28.4 Å². The molecule has 0 aliphatic rings. The molecule has 0 aliphatic heterocycles. The Balaban J connectivity index is 1.35. The molecule has 1 heterocycles. The number of aromatic nitrogens is 3. The molecule has 0 atom stereocenters. The van der Waals surface area contributed by atoms with E-state index in [0.29, 0.717) is 11.1 Å². The van der Waals surface area contributed by atoms with Crippen molar-refractivity contribution in [3.05, 3.63) is 176 Å². The zero-order valence-corrected chi connectivity index (χ0v) is 25.1. The van der Waals surface area contributed by atoms with Gasteiger partial charge in [-0.3, -0.25) is 0 Å². The summed E-state index contributed by atoms with van der Waals surface area (Å²) < 4.78 is 116. The molecule has 0 bridgehead atoms. The second-order valence-corrected chi connectivity index (χ2v) is 11.0. The van der Waals surface area contributed by atoms with Gasteiger partial charge >= 0.3 is 0 Å². The summed E-state index contributed by atoms with van der Waals surface area (Å²) in [5, 5.41) is 0.187. The van der Waals surface area contributed by atoms with Crippen molar-refractivity contribution in [3.63, 3.8) is 0 Å². The molecule has 1 aromatic heterocycles. The lowest BCUT2D eigenvalue weighted by molar-refractivity contribution is 1.08. The van der Waals surface area contributed by atoms with Crippen LogP contribution < -0.4 is 0 Å². The number of hydrogen-bond donors (Lipinski definition) is 0. The van der Waals surface area contributed by atoms with Gasteiger partial charge in [0.15, 0.2) is 17.5 Å². The van der Waals surface area contributed by atoms with Crippen LogP contribution in [0.4, 0.5) is 0 Å². The molecule has 0 spiro atoms. The lowest BCUT2D eigenvalue weighted by Crippen LogP contribution is -2.01. The van der Waals surface area contributed by atoms with Crippen molar-refractivity contribution in [2.75, 3.05) is 0 Å². The molecule has 0 radical (unpaired) electrons. The van der Waals surface area contributed by atoms with E-state index >= 15 is 0 Å². The van der Waals surface area contributed by atoms with Gasteiger partial charge in [0.1, 0.15) is 0 Å². The Morgan fingerprint density at radius 2 is 0.958 bits per heavy atom. The second kappa shape index (κ2) is 11.7. The zero-order valence-electron chi connectivity index (χ0n) is 38.1. The van der Waals surface area contributed by atoms with Crippen molar-refractivity contribution in [3.8, 4) is 56.4 Å². The molecule has 0 unspecified atom stereocenters. The maximum Gasteiger partial charge on any atom is 0.164 e. The highest BCUT2D eigenvalue weighted by Crippen LogP contribution is 2.37. The molecule has 8 aromatic carbocycles. The molecule has 0 amide bonds. The Hall–Kier alpha value is -6.45. The average Bonchev–Trinajstić information content (AvgIpc) is 3.28. The molecule has 9 aromatic rings. The van der Waals surface area contributed by atoms with Gasteiger partial charge in [0.05, 0.1) is 17.8 Å². The number of nitrogens with zero attached hydrogens (tertiary/aromatic N) is 3. The van der Waals surface area contributed by atoms with Gasteiger partial charge in [-0.25, -0.2) is 15.0 Å². The van der Waals surface area contributed by atoms with Gasteiger partial charge in [0.2, 0.25) is 0 Å². The van der Waals surface area contributed by atoms with E-state index in [0.717, 1.165) is 21.9 Å². The van der Waals surface area contributed by atoms with E-state index in [4.69, 9.17) is 24.5 Å². The summed E-state index contributed by atoms with van der Waals surface area (Å²) in [6.45, 7) is 0. The quantitative estimate of drug-likeness (QED) is 0.191. The SMILES string of the molecule is [2H]c1c(-c2c([2H])c([2H])c([2H])c3c([2H])c([2H])c([2H])c([2H])c23)c([2H])c2c([2H])c([2H])c(-c3nc(-c4ccccc4)nc(-c4cccc5cccc(-c6ccccc6)c45)n3)c([2H])c2c1[2H]. The number of fused-ring (bicyclic) bond motifs is 3. The molecule has 3 nitrogen and oxygen atoms in total. The summed E-state index contributed by atoms with van der Waals surface area (Å²) in [5.74, 6) is 0.244. The van der Waals surface area contributed by atoms with E-state index in [1.807, 2.05) is 72.8 Å². The normalized spacial score (nSPS) is 15.1. The molecule has 9 rings (SSSR count). The first-order valence-corrected chi connectivity index (χ1v) is 15.2. The Bertz CT molecular complexity index is 3330. The minimum absolute atomic E-state index is 0.162. The smallest absolute Gasteiger partial charge is 0.164 e. The van der Waals surface area contributed by atoms with Gasteiger partial charge in [-0.15, -0.1) is 0 Å². The van der Waals surface area contributed by atoms with E-state index in [1.54, 1.807) is 24.3 Å². The van der Waals surface area contributed by atoms with Crippen LogP contribution in [-0.2, 0) is 0 Å². The van der Waals surface area contributed by atoms with E-state index in [2.05, 4.69) is 0 Å². The summed E-state index contributed by atoms with van der Waals surface area (Å²) in [7, 11) is 0. The highest BCUT2D eigenvalue weighted by Gasteiger charge is 2.17. The summed E-state index contributed by atoms with van der Waals surface area (Å²) in [5.41, 5.74) is 1.85. The van der Waals surface area contributed by atoms with E-state index < -0.39 is 106 Å². The highest BCUT2D eigenvalue weighted by atomic mass is 15.0. The fourth-order valence-electron chi connectivity index (χ4n) is 5.82. The van der Waals surface area contributed by atoms with Gasteiger partial charge in [0.25, 0.3) is 0 Å². The lowest BCUT2D eigenvalue weighted by Gasteiger charge is -2.14. The molecule has 0 aliphatic carbocycles. The van der Waals surface area contributed by atoms with Crippen LogP contribution in [-0.4, -0.2) is 15.0 Å². The third kappa shape index (κ3) is 4.99. The summed E-state index contributed by atoms with van der Waals surface area (Å²) in [6.07, 6.45) is 0. The van der Waals surface area contributed by atoms with Gasteiger partial charge < -0.3 is 0 Å². The summed E-state index contributed by atoms with van der Waals surface area (Å²) >= 11 is 0. The van der Waals surface area contributed by atoms with Crippen LogP contribution in [0, 0.1) is 0 Å². The maximum atomic E-state index is 9.52. The Morgan fingerprint density at radius 1 is 0.354 bits per heavy atom. The molecule has 0 saturated carbocycles. The van der Waals surface area contributed by atoms with Gasteiger partial charge in [-0.2, -0.15) is 0 Å². The third-order valence-electron chi connectivity index (χ3n) is 8.06. The van der Waals surface area contributed by atoms with Crippen molar-refractivity contribution < 1.29 is 17.8 Å². The molecule has 3 heteroatoms. The largest absolute Gasteiger partial charge is 0.208 e. The van der Waals surface area contributed by atoms with Gasteiger partial charge in [-0.05, 0) is 61.3 Å². The van der Waals surface area contributed by atoms with Crippen LogP contribution >= 0.6 is 0 Å². The topological polar surface area (TPSA) is 38.7 Å². The van der Waals surface area contributed by atoms with Crippen molar-refractivity contribution in [1.82, 2.24) is 15.0 Å². The Kier molecular flexibility index (Phi) is 4.27. The van der Waals surface area contributed by atoms with Crippen molar-refractivity contribution >= 4 is 32.3 Å². The molecule has 0 fully saturated rings. The van der Waals surface area contributed by atoms with Crippen LogP contribution in [0.3, 0.4) is 0 Å². The lowest BCUT2D eigenvalue weighted by atomic mass is 9.94. The summed E-state index contributed by atoms with van der Waals surface area (Å²) in [6, 6.07) is 21.9. The van der Waals surface area contributed by atoms with Crippen LogP contribution in [0.5, 0.6) is 0 Å². The van der Waals surface area contributed by atoms with E-state index in [9.17, 15) is 8.22 Å². The first kappa shape index (κ1) is 17.5. The Morgan fingerprint density at radius 3 is 1.73 bits per heavy atom. The molecule has 0 N–H and O–H groups in total. The first-order chi connectivity index (χ1) is 29.2. The predicted octanol–water partition coefficient (Wildman–Crippen LogP) is 11.7. The minimum Gasteiger partial charge on any atom is -0.208 e. The highest BCUT2D eigenvalue weighted by molar-refractivity contribution is 6.06. The maximum absolute atomic E-state index is 9.52. The van der Waals surface area contributed by atoms with E-state index in [1.165, 1.54) is 0 Å². The molecule has 48 heavy (non-hydrogen) atoms. The van der Waals surface area contributed by atoms with Gasteiger partial charge in [0, 0.05) is 22.1 Å². The molecule has 0 saturated heterocycles. The standard InChI is InChI=1S/C45H29N3/c1-3-12-31(13-4-1)40-22-10-18-32-19-11-23-41(42(32)40)45-47-43(33-15-5-2-6-16-33)46-44(48-45)37-27-25-34-28-36(26-24-35(34)29-37)39-21-9-17-30-14-7-8-20-38(30)39/h1-29H/i7D,8D,9D,14D,17D,20D,21D,24D,25D,26D,27D,28D,29D. The van der Waals surface area contributed by atoms with Gasteiger partial charge in [-0.1, -0.05) is 164 Å². The Labute approximate surface area is 297 Å². The average molecular weight is 625 g/mol. The monoisotopic (exact) mass is 624 g/mol. The van der Waals surface area contributed by atoms with Crippen molar-refractivity contribution in [1.29, 1.82) is 0 Å². The number of rotatable bonds is 5. The predicted molar refractivity (Wildman–Crippen MR) is 200 cm³/mol. The van der Waals surface area contributed by atoms with Crippen LogP contribution in [0.1, 0.15) is 17.8 Å². The van der Waals surface area contributed by atoms with Crippen molar-refractivity contribution in [2.45, 2.75) is 0 Å². The summed E-state index contributed by atoms with van der Waals surface area (Å²) in [4.78, 5) is 14.5. The fraction of sp³-hybridized carbons (Fsp3) is 0. The number of benzene rings is 8. The molecule has 224 valence electrons. The van der Waals surface area contributed by atoms with Crippen molar-refractivity contribution in [2.24, 2.45) is 0 Å². The van der Waals surface area contributed by atoms with Crippen LogP contribution in [0.25, 0.3) is 88.7 Å².